The number of allylic oxidation sites excluding steroid dienone is 2. The number of carbonyl (C=O) groups is 2. The minimum Gasteiger partial charge on any atom is -0.497 e. The van der Waals surface area contributed by atoms with Crippen molar-refractivity contribution < 1.29 is 14.3 Å². The zero-order valence-corrected chi connectivity index (χ0v) is 15.6. The number of fused-ring (bicyclic) bond motifs is 1. The van der Waals surface area contributed by atoms with E-state index >= 15 is 0 Å². The van der Waals surface area contributed by atoms with Gasteiger partial charge in [0.1, 0.15) is 11.0 Å². The number of hydrogen-bond acceptors (Lipinski definition) is 4. The first kappa shape index (κ1) is 17.6. The van der Waals surface area contributed by atoms with E-state index in [1.54, 1.807) is 31.4 Å². The molecule has 136 valence electrons. The number of carbonyl (C=O) groups excluding carboxylic acids is 2. The standard InChI is InChI=1S/C22H19NO3S/c1-26-18-11-9-17(10-12-18)23-21(24)19-16(13-14-27-20(19)22(23)25)8-7-15-5-3-2-4-6-15/h2-14,16,19-20H,1H3/b8-7+. The second-order valence-electron chi connectivity index (χ2n) is 6.47. The van der Waals surface area contributed by atoms with Crippen molar-refractivity contribution in [1.82, 2.24) is 0 Å². The number of nitrogens with zero attached hydrogens (tertiary/aromatic N) is 1. The molecule has 0 spiro atoms. The molecule has 3 unspecified atom stereocenters. The number of anilines is 1. The summed E-state index contributed by atoms with van der Waals surface area (Å²) < 4.78 is 5.16. The molecule has 0 saturated carbocycles. The third kappa shape index (κ3) is 3.30. The van der Waals surface area contributed by atoms with E-state index in [0.717, 1.165) is 5.56 Å². The Morgan fingerprint density at radius 2 is 1.74 bits per heavy atom. The van der Waals surface area contributed by atoms with Crippen molar-refractivity contribution in [1.29, 1.82) is 0 Å². The van der Waals surface area contributed by atoms with E-state index < -0.39 is 0 Å². The number of methoxy groups -OCH3 is 1. The smallest absolute Gasteiger partial charge is 0.248 e. The molecule has 2 amide bonds. The van der Waals surface area contributed by atoms with Gasteiger partial charge in [0.15, 0.2) is 0 Å². The minimum absolute atomic E-state index is 0.101. The predicted molar refractivity (Wildman–Crippen MR) is 108 cm³/mol. The van der Waals surface area contributed by atoms with E-state index in [9.17, 15) is 9.59 Å². The molecule has 1 fully saturated rings. The van der Waals surface area contributed by atoms with E-state index in [2.05, 4.69) is 0 Å². The van der Waals surface area contributed by atoms with Crippen LogP contribution in [0.25, 0.3) is 6.08 Å². The van der Waals surface area contributed by atoms with E-state index in [-0.39, 0.29) is 28.9 Å². The summed E-state index contributed by atoms with van der Waals surface area (Å²) in [5.74, 6) is -0.0851. The molecule has 1 saturated heterocycles. The quantitative estimate of drug-likeness (QED) is 0.751. The van der Waals surface area contributed by atoms with Crippen LogP contribution in [0.5, 0.6) is 5.75 Å². The third-order valence-electron chi connectivity index (χ3n) is 4.88. The molecule has 2 aliphatic rings. The van der Waals surface area contributed by atoms with Crippen LogP contribution >= 0.6 is 11.8 Å². The maximum Gasteiger partial charge on any atom is 0.248 e. The highest BCUT2D eigenvalue weighted by Gasteiger charge is 2.51. The highest BCUT2D eigenvalue weighted by molar-refractivity contribution is 8.03. The van der Waals surface area contributed by atoms with Gasteiger partial charge in [0.05, 0.1) is 18.7 Å². The minimum atomic E-state index is -0.380. The van der Waals surface area contributed by atoms with Crippen molar-refractivity contribution >= 4 is 35.3 Å². The molecule has 0 aromatic heterocycles. The molecule has 0 radical (unpaired) electrons. The van der Waals surface area contributed by atoms with Crippen LogP contribution in [-0.2, 0) is 9.59 Å². The number of hydrogen-bond donors (Lipinski definition) is 0. The van der Waals surface area contributed by atoms with Gasteiger partial charge in [-0.2, -0.15) is 0 Å². The van der Waals surface area contributed by atoms with E-state index in [1.807, 2.05) is 54.0 Å². The number of thioether (sulfide) groups is 1. The number of rotatable bonds is 4. The van der Waals surface area contributed by atoms with Gasteiger partial charge in [0.2, 0.25) is 11.8 Å². The summed E-state index contributed by atoms with van der Waals surface area (Å²) in [6, 6.07) is 17.0. The van der Waals surface area contributed by atoms with Crippen molar-refractivity contribution in [3.8, 4) is 5.75 Å². The largest absolute Gasteiger partial charge is 0.497 e. The number of amides is 2. The van der Waals surface area contributed by atoms with Crippen molar-refractivity contribution in [3.63, 3.8) is 0 Å². The first-order valence-electron chi connectivity index (χ1n) is 8.76. The summed E-state index contributed by atoms with van der Waals surface area (Å²) in [4.78, 5) is 27.4. The molecule has 0 N–H and O–H groups in total. The Morgan fingerprint density at radius 1 is 1.00 bits per heavy atom. The van der Waals surface area contributed by atoms with Gasteiger partial charge in [-0.05, 0) is 35.2 Å². The topological polar surface area (TPSA) is 46.6 Å². The number of ether oxygens (including phenoxy) is 1. The molecule has 2 heterocycles. The molecule has 0 aliphatic carbocycles. The molecule has 2 aromatic carbocycles. The Labute approximate surface area is 162 Å². The molecule has 4 rings (SSSR count). The van der Waals surface area contributed by atoms with Crippen LogP contribution in [0.1, 0.15) is 5.56 Å². The van der Waals surface area contributed by atoms with Crippen LogP contribution in [0.2, 0.25) is 0 Å². The maximum absolute atomic E-state index is 13.1. The predicted octanol–water partition coefficient (Wildman–Crippen LogP) is 4.14. The highest BCUT2D eigenvalue weighted by atomic mass is 32.2. The van der Waals surface area contributed by atoms with Crippen LogP contribution in [-0.4, -0.2) is 24.2 Å². The first-order chi connectivity index (χ1) is 13.2. The fraction of sp³-hybridized carbons (Fsp3) is 0.182. The number of benzene rings is 2. The monoisotopic (exact) mass is 377 g/mol. The summed E-state index contributed by atoms with van der Waals surface area (Å²) in [5, 5.41) is 1.55. The summed E-state index contributed by atoms with van der Waals surface area (Å²) >= 11 is 1.43. The van der Waals surface area contributed by atoms with E-state index in [1.165, 1.54) is 16.7 Å². The highest BCUT2D eigenvalue weighted by Crippen LogP contribution is 2.42. The van der Waals surface area contributed by atoms with Gasteiger partial charge in [0.25, 0.3) is 0 Å². The molecule has 2 aromatic rings. The SMILES string of the molecule is COc1ccc(N2C(=O)C3SC=CC(/C=C/c4ccccc4)C3C2=O)cc1. The zero-order chi connectivity index (χ0) is 18.8. The second kappa shape index (κ2) is 7.45. The van der Waals surface area contributed by atoms with Crippen molar-refractivity contribution in [2.75, 3.05) is 12.0 Å². The molecule has 3 atom stereocenters. The normalized spacial score (nSPS) is 24.5. The fourth-order valence-electron chi connectivity index (χ4n) is 3.47. The van der Waals surface area contributed by atoms with Gasteiger partial charge in [0, 0.05) is 5.92 Å². The average Bonchev–Trinajstić information content (AvgIpc) is 2.98. The summed E-state index contributed by atoms with van der Waals surface area (Å²) in [7, 11) is 1.59. The van der Waals surface area contributed by atoms with Crippen molar-refractivity contribution in [3.05, 3.63) is 77.7 Å². The van der Waals surface area contributed by atoms with Crippen LogP contribution in [0.3, 0.4) is 0 Å². The van der Waals surface area contributed by atoms with Gasteiger partial charge >= 0.3 is 0 Å². The van der Waals surface area contributed by atoms with E-state index in [0.29, 0.717) is 11.4 Å². The van der Waals surface area contributed by atoms with Gasteiger partial charge < -0.3 is 4.74 Å². The van der Waals surface area contributed by atoms with E-state index in [4.69, 9.17) is 4.74 Å². The lowest BCUT2D eigenvalue weighted by Gasteiger charge is -2.23. The van der Waals surface area contributed by atoms with Crippen LogP contribution in [0.4, 0.5) is 5.69 Å². The molecule has 0 bridgehead atoms. The van der Waals surface area contributed by atoms with Gasteiger partial charge in [-0.3, -0.25) is 9.59 Å². The van der Waals surface area contributed by atoms with Crippen molar-refractivity contribution in [2.45, 2.75) is 5.25 Å². The first-order valence-corrected chi connectivity index (χ1v) is 9.70. The Kier molecular flexibility index (Phi) is 4.86. The Hall–Kier alpha value is -2.79. The lowest BCUT2D eigenvalue weighted by atomic mass is 9.89. The Morgan fingerprint density at radius 3 is 2.44 bits per heavy atom. The molecular formula is C22H19NO3S. The second-order valence-corrected chi connectivity index (χ2v) is 7.52. The summed E-state index contributed by atoms with van der Waals surface area (Å²) in [6.45, 7) is 0. The Balaban J connectivity index is 1.61. The third-order valence-corrected chi connectivity index (χ3v) is 5.98. The van der Waals surface area contributed by atoms with Crippen LogP contribution in [0.15, 0.2) is 72.2 Å². The molecule has 4 nitrogen and oxygen atoms in total. The fourth-order valence-corrected chi connectivity index (χ4v) is 4.60. The maximum atomic E-state index is 13.1. The van der Waals surface area contributed by atoms with Gasteiger partial charge in [-0.1, -0.05) is 48.6 Å². The molecular weight excluding hydrogens is 358 g/mol. The Bertz CT molecular complexity index is 905. The molecule has 5 heteroatoms. The lowest BCUT2D eigenvalue weighted by molar-refractivity contribution is -0.122. The van der Waals surface area contributed by atoms with Gasteiger partial charge in [-0.15, -0.1) is 11.8 Å². The number of imide groups is 1. The van der Waals surface area contributed by atoms with Crippen LogP contribution in [0, 0.1) is 11.8 Å². The average molecular weight is 377 g/mol. The molecule has 27 heavy (non-hydrogen) atoms. The lowest BCUT2D eigenvalue weighted by Crippen LogP contribution is -2.31. The van der Waals surface area contributed by atoms with Crippen molar-refractivity contribution in [2.24, 2.45) is 11.8 Å². The zero-order valence-electron chi connectivity index (χ0n) is 14.8. The van der Waals surface area contributed by atoms with Crippen LogP contribution < -0.4 is 9.64 Å². The molecule has 2 aliphatic heterocycles. The summed E-state index contributed by atoms with van der Waals surface area (Å²) in [6.07, 6.45) is 6.04. The summed E-state index contributed by atoms with van der Waals surface area (Å²) in [5.41, 5.74) is 1.66. The van der Waals surface area contributed by atoms with Gasteiger partial charge in [-0.25, -0.2) is 4.90 Å².